The summed E-state index contributed by atoms with van der Waals surface area (Å²) in [7, 11) is 0. The molecule has 0 radical (unpaired) electrons. The van der Waals surface area contributed by atoms with E-state index in [2.05, 4.69) is 39.8 Å². The first-order valence-corrected chi connectivity index (χ1v) is 9.81. The third kappa shape index (κ3) is 4.39. The lowest BCUT2D eigenvalue weighted by Crippen LogP contribution is -2.02. The zero-order valence-corrected chi connectivity index (χ0v) is 16.1. The molecule has 29 heavy (non-hydrogen) atoms. The Balaban J connectivity index is 1.46. The second kappa shape index (κ2) is 8.50. The predicted molar refractivity (Wildman–Crippen MR) is 118 cm³/mol. The molecule has 6 heteroatoms. The first kappa shape index (κ1) is 18.6. The number of anilines is 1. The zero-order chi connectivity index (χ0) is 20.1. The highest BCUT2D eigenvalue weighted by Gasteiger charge is 2.07. The summed E-state index contributed by atoms with van der Waals surface area (Å²) in [5.74, 6) is -0.984. The van der Waals surface area contributed by atoms with E-state index in [1.54, 1.807) is 24.3 Å². The predicted octanol–water partition coefficient (Wildman–Crippen LogP) is 5.62. The molecule has 0 amide bonds. The number of benzene rings is 3. The molecule has 4 aromatic rings. The van der Waals surface area contributed by atoms with Crippen molar-refractivity contribution in [3.63, 3.8) is 0 Å². The van der Waals surface area contributed by atoms with Gasteiger partial charge >= 0.3 is 5.97 Å². The van der Waals surface area contributed by atoms with Crippen molar-refractivity contribution >= 4 is 28.7 Å². The van der Waals surface area contributed by atoms with Crippen molar-refractivity contribution in [1.29, 1.82) is 0 Å². The zero-order valence-electron chi connectivity index (χ0n) is 15.3. The van der Waals surface area contributed by atoms with Gasteiger partial charge in [0.25, 0.3) is 0 Å². The number of thiazole rings is 1. The number of carboxylic acid groups (broad SMARTS) is 1. The minimum atomic E-state index is -0.984. The fourth-order valence-corrected chi connectivity index (χ4v) is 3.55. The maximum Gasteiger partial charge on any atom is 0.336 e. The largest absolute Gasteiger partial charge is 0.478 e. The van der Waals surface area contributed by atoms with Crippen molar-refractivity contribution in [2.75, 3.05) is 5.43 Å². The molecule has 0 aliphatic heterocycles. The molecule has 0 spiro atoms. The van der Waals surface area contributed by atoms with Crippen LogP contribution in [0.15, 0.2) is 89.3 Å². The molecule has 3 aromatic carbocycles. The van der Waals surface area contributed by atoms with E-state index in [9.17, 15) is 9.90 Å². The van der Waals surface area contributed by atoms with Crippen LogP contribution in [0.5, 0.6) is 0 Å². The van der Waals surface area contributed by atoms with Crippen LogP contribution in [0.25, 0.3) is 22.4 Å². The van der Waals surface area contributed by atoms with Crippen molar-refractivity contribution < 1.29 is 9.90 Å². The molecule has 0 fully saturated rings. The standard InChI is InChI=1S/C23H17N3O2S/c27-22(28)20-9-5-4-8-19(20)14-24-26-23-25-21(15-29-23)18-12-10-17(11-13-18)16-6-2-1-3-7-16/h1-15H,(H,25,26)(H,27,28). The fraction of sp³-hybridized carbons (Fsp3) is 0. The Bertz CT molecular complexity index is 1150. The molecule has 142 valence electrons. The van der Waals surface area contributed by atoms with Crippen LogP contribution in [0.4, 0.5) is 5.13 Å². The molecular weight excluding hydrogens is 382 g/mol. The Labute approximate surface area is 172 Å². The summed E-state index contributed by atoms with van der Waals surface area (Å²) < 4.78 is 0. The Hall–Kier alpha value is -3.77. The van der Waals surface area contributed by atoms with E-state index in [0.717, 1.165) is 16.8 Å². The van der Waals surface area contributed by atoms with Gasteiger partial charge in [-0.25, -0.2) is 9.78 Å². The van der Waals surface area contributed by atoms with Gasteiger partial charge in [-0.1, -0.05) is 72.8 Å². The Morgan fingerprint density at radius 3 is 2.31 bits per heavy atom. The molecule has 4 rings (SSSR count). The van der Waals surface area contributed by atoms with E-state index in [1.165, 1.54) is 23.1 Å². The van der Waals surface area contributed by atoms with Crippen LogP contribution in [0, 0.1) is 0 Å². The van der Waals surface area contributed by atoms with Crippen LogP contribution in [-0.4, -0.2) is 22.3 Å². The van der Waals surface area contributed by atoms with Crippen LogP contribution in [0.2, 0.25) is 0 Å². The Morgan fingerprint density at radius 2 is 1.55 bits per heavy atom. The maximum absolute atomic E-state index is 11.2. The summed E-state index contributed by atoms with van der Waals surface area (Å²) in [6.45, 7) is 0. The molecule has 0 aliphatic rings. The van der Waals surface area contributed by atoms with Crippen LogP contribution < -0.4 is 5.43 Å². The van der Waals surface area contributed by atoms with Crippen molar-refractivity contribution in [3.05, 3.63) is 95.4 Å². The van der Waals surface area contributed by atoms with Crippen molar-refractivity contribution in [2.45, 2.75) is 0 Å². The molecule has 1 aromatic heterocycles. The number of nitrogens with zero attached hydrogens (tertiary/aromatic N) is 2. The van der Waals surface area contributed by atoms with Crippen molar-refractivity contribution in [2.24, 2.45) is 5.10 Å². The lowest BCUT2D eigenvalue weighted by atomic mass is 10.0. The number of hydrogen-bond donors (Lipinski definition) is 2. The van der Waals surface area contributed by atoms with E-state index in [1.807, 2.05) is 35.7 Å². The van der Waals surface area contributed by atoms with Crippen LogP contribution in [0.3, 0.4) is 0 Å². The molecule has 2 N–H and O–H groups in total. The number of hydrogen-bond acceptors (Lipinski definition) is 5. The summed E-state index contributed by atoms with van der Waals surface area (Å²) in [5.41, 5.74) is 7.82. The molecule has 0 atom stereocenters. The first-order chi connectivity index (χ1) is 14.2. The average molecular weight is 399 g/mol. The maximum atomic E-state index is 11.2. The van der Waals surface area contributed by atoms with Gasteiger partial charge in [-0.3, -0.25) is 5.43 Å². The normalized spacial score (nSPS) is 10.9. The van der Waals surface area contributed by atoms with Gasteiger partial charge < -0.3 is 5.11 Å². The number of carboxylic acids is 1. The molecule has 0 aliphatic carbocycles. The van der Waals surface area contributed by atoms with Gasteiger partial charge in [0.05, 0.1) is 17.5 Å². The fourth-order valence-electron chi connectivity index (χ4n) is 2.88. The Morgan fingerprint density at radius 1 is 0.897 bits per heavy atom. The molecule has 0 saturated carbocycles. The Kier molecular flexibility index (Phi) is 5.45. The number of rotatable bonds is 6. The van der Waals surface area contributed by atoms with Gasteiger partial charge in [-0.05, 0) is 17.2 Å². The third-order valence-corrected chi connectivity index (χ3v) is 5.09. The summed E-state index contributed by atoms with van der Waals surface area (Å²) in [6.07, 6.45) is 1.49. The molecule has 0 unspecified atom stereocenters. The molecular formula is C23H17N3O2S. The van der Waals surface area contributed by atoms with Crippen molar-refractivity contribution in [1.82, 2.24) is 4.98 Å². The van der Waals surface area contributed by atoms with Gasteiger partial charge in [0.1, 0.15) is 0 Å². The van der Waals surface area contributed by atoms with E-state index in [0.29, 0.717) is 10.7 Å². The highest BCUT2D eigenvalue weighted by molar-refractivity contribution is 7.14. The lowest BCUT2D eigenvalue weighted by molar-refractivity contribution is 0.0697. The molecule has 1 heterocycles. The first-order valence-electron chi connectivity index (χ1n) is 8.93. The second-order valence-corrected chi connectivity index (χ2v) is 7.10. The summed E-state index contributed by atoms with van der Waals surface area (Å²) in [5, 5.41) is 15.9. The van der Waals surface area contributed by atoms with E-state index in [-0.39, 0.29) is 5.56 Å². The quantitative estimate of drug-likeness (QED) is 0.326. The smallest absolute Gasteiger partial charge is 0.336 e. The van der Waals surface area contributed by atoms with Gasteiger partial charge in [0.2, 0.25) is 5.13 Å². The number of aromatic carboxylic acids is 1. The number of aromatic nitrogens is 1. The average Bonchev–Trinajstić information content (AvgIpc) is 3.24. The van der Waals surface area contributed by atoms with Gasteiger partial charge in [-0.2, -0.15) is 5.10 Å². The number of hydrazone groups is 1. The summed E-state index contributed by atoms with van der Waals surface area (Å²) in [4.78, 5) is 15.8. The van der Waals surface area contributed by atoms with Gasteiger partial charge in [0, 0.05) is 16.5 Å². The number of nitrogens with one attached hydrogen (secondary N) is 1. The third-order valence-electron chi connectivity index (χ3n) is 4.35. The van der Waals surface area contributed by atoms with Crippen LogP contribution in [-0.2, 0) is 0 Å². The van der Waals surface area contributed by atoms with Crippen molar-refractivity contribution in [3.8, 4) is 22.4 Å². The molecule has 5 nitrogen and oxygen atoms in total. The van der Waals surface area contributed by atoms with E-state index >= 15 is 0 Å². The highest BCUT2D eigenvalue weighted by Crippen LogP contribution is 2.27. The summed E-state index contributed by atoms with van der Waals surface area (Å²) >= 11 is 1.44. The van der Waals surface area contributed by atoms with E-state index in [4.69, 9.17) is 0 Å². The van der Waals surface area contributed by atoms with Crippen LogP contribution >= 0.6 is 11.3 Å². The highest BCUT2D eigenvalue weighted by atomic mass is 32.1. The topological polar surface area (TPSA) is 74.6 Å². The second-order valence-electron chi connectivity index (χ2n) is 6.24. The molecule has 0 saturated heterocycles. The van der Waals surface area contributed by atoms with Gasteiger partial charge in [0.15, 0.2) is 0 Å². The monoisotopic (exact) mass is 399 g/mol. The SMILES string of the molecule is O=C(O)c1ccccc1C=NNc1nc(-c2ccc(-c3ccccc3)cc2)cs1. The lowest BCUT2D eigenvalue weighted by Gasteiger charge is -2.02. The minimum Gasteiger partial charge on any atom is -0.478 e. The van der Waals surface area contributed by atoms with Crippen LogP contribution in [0.1, 0.15) is 15.9 Å². The molecule has 0 bridgehead atoms. The minimum absolute atomic E-state index is 0.205. The van der Waals surface area contributed by atoms with Gasteiger partial charge in [-0.15, -0.1) is 11.3 Å². The number of carbonyl (C=O) groups is 1. The van der Waals surface area contributed by atoms with E-state index < -0.39 is 5.97 Å². The summed E-state index contributed by atoms with van der Waals surface area (Å²) in [6, 6.07) is 25.2.